The van der Waals surface area contributed by atoms with Crippen LogP contribution in [0.25, 0.3) is 0 Å². The van der Waals surface area contributed by atoms with Gasteiger partial charge < -0.3 is 15.8 Å². The molecular formula is C13H16N2O4. The van der Waals surface area contributed by atoms with Crippen LogP contribution in [0, 0.1) is 0 Å². The van der Waals surface area contributed by atoms with Crippen molar-refractivity contribution in [3.05, 3.63) is 35.9 Å². The van der Waals surface area contributed by atoms with Crippen molar-refractivity contribution >= 4 is 17.8 Å². The Kier molecular flexibility index (Phi) is 5.53. The smallest absolute Gasteiger partial charge is 0.329 e. The summed E-state index contributed by atoms with van der Waals surface area (Å²) in [6.07, 6.45) is -0.285. The van der Waals surface area contributed by atoms with Crippen molar-refractivity contribution in [1.82, 2.24) is 5.32 Å². The molecule has 0 heterocycles. The fourth-order valence-electron chi connectivity index (χ4n) is 1.47. The Hall–Kier alpha value is -2.37. The Morgan fingerprint density at radius 1 is 1.26 bits per heavy atom. The molecule has 2 amide bonds. The maximum absolute atomic E-state index is 11.7. The molecule has 0 aliphatic heterocycles. The third kappa shape index (κ3) is 5.67. The first-order valence-electron chi connectivity index (χ1n) is 5.75. The van der Waals surface area contributed by atoms with Gasteiger partial charge in [0.1, 0.15) is 12.6 Å². The molecule has 6 nitrogen and oxygen atoms in total. The van der Waals surface area contributed by atoms with E-state index in [1.165, 1.54) is 6.92 Å². The van der Waals surface area contributed by atoms with Crippen LogP contribution in [0.1, 0.15) is 18.9 Å². The van der Waals surface area contributed by atoms with Crippen molar-refractivity contribution in [2.45, 2.75) is 26.0 Å². The number of hydrogen-bond acceptors (Lipinski definition) is 4. The summed E-state index contributed by atoms with van der Waals surface area (Å²) in [6.45, 7) is 1.33. The molecule has 3 N–H and O–H groups in total. The molecule has 19 heavy (non-hydrogen) atoms. The number of rotatable bonds is 6. The Labute approximate surface area is 110 Å². The van der Waals surface area contributed by atoms with E-state index in [0.717, 1.165) is 5.56 Å². The lowest BCUT2D eigenvalue weighted by molar-refractivity contribution is -0.150. The lowest BCUT2D eigenvalue weighted by Gasteiger charge is -2.15. The number of nitrogens with one attached hydrogen (secondary N) is 1. The molecule has 0 aliphatic carbocycles. The second kappa shape index (κ2) is 7.15. The van der Waals surface area contributed by atoms with Crippen LogP contribution in [0.3, 0.4) is 0 Å². The number of carbonyl (C=O) groups excluding carboxylic acids is 3. The minimum Gasteiger partial charge on any atom is -0.459 e. The first-order chi connectivity index (χ1) is 8.99. The van der Waals surface area contributed by atoms with Crippen molar-refractivity contribution in [3.63, 3.8) is 0 Å². The molecule has 0 radical (unpaired) electrons. The molecule has 0 fully saturated rings. The zero-order valence-corrected chi connectivity index (χ0v) is 10.6. The van der Waals surface area contributed by atoms with E-state index in [-0.39, 0.29) is 13.0 Å². The molecule has 1 rings (SSSR count). The first kappa shape index (κ1) is 14.7. The van der Waals surface area contributed by atoms with Crippen molar-refractivity contribution < 1.29 is 19.1 Å². The largest absolute Gasteiger partial charge is 0.459 e. The number of hydrogen-bond donors (Lipinski definition) is 2. The van der Waals surface area contributed by atoms with Gasteiger partial charge in [-0.25, -0.2) is 4.79 Å². The van der Waals surface area contributed by atoms with Gasteiger partial charge in [-0.05, 0) is 5.56 Å². The first-order valence-corrected chi connectivity index (χ1v) is 5.75. The van der Waals surface area contributed by atoms with Crippen LogP contribution in [0.2, 0.25) is 0 Å². The van der Waals surface area contributed by atoms with Crippen LogP contribution in [0.5, 0.6) is 0 Å². The SMILES string of the molecule is CC(=O)N[C@@H](CC(N)=O)C(=O)OCc1ccccc1. The molecular weight excluding hydrogens is 248 g/mol. The molecule has 0 aromatic heterocycles. The highest BCUT2D eigenvalue weighted by Gasteiger charge is 2.23. The van der Waals surface area contributed by atoms with Crippen molar-refractivity contribution in [2.75, 3.05) is 0 Å². The van der Waals surface area contributed by atoms with E-state index in [1.807, 2.05) is 18.2 Å². The number of primary amides is 1. The topological polar surface area (TPSA) is 98.5 Å². The molecule has 102 valence electrons. The highest BCUT2D eigenvalue weighted by atomic mass is 16.5. The van der Waals surface area contributed by atoms with E-state index in [4.69, 9.17) is 10.5 Å². The average molecular weight is 264 g/mol. The van der Waals surface area contributed by atoms with Gasteiger partial charge in [-0.2, -0.15) is 0 Å². The molecule has 1 atom stereocenters. The summed E-state index contributed by atoms with van der Waals surface area (Å²) in [5.74, 6) is -1.80. The Morgan fingerprint density at radius 3 is 2.42 bits per heavy atom. The van der Waals surface area contributed by atoms with E-state index in [0.29, 0.717) is 0 Å². The normalized spacial score (nSPS) is 11.4. The van der Waals surface area contributed by atoms with Gasteiger partial charge in [0.25, 0.3) is 0 Å². The zero-order chi connectivity index (χ0) is 14.3. The van der Waals surface area contributed by atoms with Crippen LogP contribution >= 0.6 is 0 Å². The number of carbonyl (C=O) groups is 3. The minimum absolute atomic E-state index is 0.0779. The number of nitrogens with two attached hydrogens (primary N) is 1. The molecule has 0 unspecified atom stereocenters. The standard InChI is InChI=1S/C13H16N2O4/c1-9(16)15-11(7-12(14)17)13(18)19-8-10-5-3-2-4-6-10/h2-6,11H,7-8H2,1H3,(H2,14,17)(H,15,16)/t11-/m0/s1. The summed E-state index contributed by atoms with van der Waals surface area (Å²) in [5.41, 5.74) is 5.83. The predicted molar refractivity (Wildman–Crippen MR) is 67.7 cm³/mol. The molecule has 0 bridgehead atoms. The van der Waals surface area contributed by atoms with Crippen molar-refractivity contribution in [3.8, 4) is 0 Å². The van der Waals surface area contributed by atoms with Gasteiger partial charge in [0.2, 0.25) is 11.8 Å². The lowest BCUT2D eigenvalue weighted by Crippen LogP contribution is -2.43. The van der Waals surface area contributed by atoms with E-state index in [2.05, 4.69) is 5.32 Å². The second-order valence-corrected chi connectivity index (χ2v) is 4.02. The maximum atomic E-state index is 11.7. The minimum atomic E-state index is -1.04. The number of benzene rings is 1. The number of ether oxygens (including phenoxy) is 1. The fraction of sp³-hybridized carbons (Fsp3) is 0.308. The van der Waals surface area contributed by atoms with Crippen LogP contribution in [0.15, 0.2) is 30.3 Å². The Morgan fingerprint density at radius 2 is 1.89 bits per heavy atom. The third-order valence-electron chi connectivity index (χ3n) is 2.29. The van der Waals surface area contributed by atoms with Gasteiger partial charge in [-0.1, -0.05) is 30.3 Å². The van der Waals surface area contributed by atoms with Crippen molar-refractivity contribution in [1.29, 1.82) is 0 Å². The lowest BCUT2D eigenvalue weighted by atomic mass is 10.2. The Balaban J connectivity index is 2.56. The van der Waals surface area contributed by atoms with E-state index in [9.17, 15) is 14.4 Å². The monoisotopic (exact) mass is 264 g/mol. The van der Waals surface area contributed by atoms with Gasteiger partial charge in [-0.3, -0.25) is 9.59 Å². The fourth-order valence-corrected chi connectivity index (χ4v) is 1.47. The van der Waals surface area contributed by atoms with Crippen LogP contribution in [-0.4, -0.2) is 23.8 Å². The summed E-state index contributed by atoms with van der Waals surface area (Å²) in [6, 6.07) is 8.04. The van der Waals surface area contributed by atoms with Gasteiger partial charge >= 0.3 is 5.97 Å². The molecule has 1 aromatic rings. The summed E-state index contributed by atoms with van der Waals surface area (Å²) in [5, 5.41) is 2.33. The maximum Gasteiger partial charge on any atom is 0.329 e. The number of esters is 1. The highest BCUT2D eigenvalue weighted by molar-refractivity contribution is 5.88. The van der Waals surface area contributed by atoms with Crippen molar-refractivity contribution in [2.24, 2.45) is 5.73 Å². The summed E-state index contributed by atoms with van der Waals surface area (Å²) >= 11 is 0. The number of amides is 2. The predicted octanol–water partition coefficient (Wildman–Crippen LogP) is 0.110. The van der Waals surface area contributed by atoms with Gasteiger partial charge in [0, 0.05) is 6.92 Å². The van der Waals surface area contributed by atoms with Crippen LogP contribution < -0.4 is 11.1 Å². The molecule has 0 aliphatic rings. The zero-order valence-electron chi connectivity index (χ0n) is 10.6. The van der Waals surface area contributed by atoms with E-state index in [1.54, 1.807) is 12.1 Å². The summed E-state index contributed by atoms with van der Waals surface area (Å²) in [7, 11) is 0. The van der Waals surface area contributed by atoms with Crippen LogP contribution in [0.4, 0.5) is 0 Å². The quantitative estimate of drug-likeness (QED) is 0.712. The van der Waals surface area contributed by atoms with E-state index >= 15 is 0 Å². The molecule has 1 aromatic carbocycles. The Bertz CT molecular complexity index is 443. The molecule has 0 saturated carbocycles. The van der Waals surface area contributed by atoms with Gasteiger partial charge in [-0.15, -0.1) is 0 Å². The summed E-state index contributed by atoms with van der Waals surface area (Å²) in [4.78, 5) is 33.5. The molecule has 0 saturated heterocycles. The second-order valence-electron chi connectivity index (χ2n) is 4.02. The highest BCUT2D eigenvalue weighted by Crippen LogP contribution is 2.03. The molecule has 6 heteroatoms. The van der Waals surface area contributed by atoms with E-state index < -0.39 is 23.8 Å². The average Bonchev–Trinajstić information content (AvgIpc) is 2.35. The van der Waals surface area contributed by atoms with Gasteiger partial charge in [0.15, 0.2) is 0 Å². The van der Waals surface area contributed by atoms with Gasteiger partial charge in [0.05, 0.1) is 6.42 Å². The molecule has 0 spiro atoms. The van der Waals surface area contributed by atoms with Crippen LogP contribution in [-0.2, 0) is 25.7 Å². The summed E-state index contributed by atoms with van der Waals surface area (Å²) < 4.78 is 5.03. The third-order valence-corrected chi connectivity index (χ3v) is 2.29.